The first-order valence-corrected chi connectivity index (χ1v) is 9.89. The molecule has 0 radical (unpaired) electrons. The lowest BCUT2D eigenvalue weighted by molar-refractivity contribution is 0.0513. The highest BCUT2D eigenvalue weighted by Crippen LogP contribution is 2.32. The Morgan fingerprint density at radius 3 is 2.47 bits per heavy atom. The van der Waals surface area contributed by atoms with Crippen molar-refractivity contribution >= 4 is 0 Å². The van der Waals surface area contributed by atoms with Gasteiger partial charge in [-0.1, -0.05) is 37.3 Å². The highest BCUT2D eigenvalue weighted by Gasteiger charge is 2.17. The predicted molar refractivity (Wildman–Crippen MR) is 115 cm³/mol. The zero-order chi connectivity index (χ0) is 21.5. The smallest absolute Gasteiger partial charge is 0.188 e. The molecule has 0 saturated carbocycles. The van der Waals surface area contributed by atoms with Crippen molar-refractivity contribution in [1.82, 2.24) is 4.98 Å². The van der Waals surface area contributed by atoms with Crippen molar-refractivity contribution in [3.63, 3.8) is 0 Å². The van der Waals surface area contributed by atoms with Crippen molar-refractivity contribution in [3.8, 4) is 22.8 Å². The molecule has 0 fully saturated rings. The van der Waals surface area contributed by atoms with Gasteiger partial charge in [-0.05, 0) is 48.2 Å². The van der Waals surface area contributed by atoms with Crippen molar-refractivity contribution in [3.05, 3.63) is 76.7 Å². The van der Waals surface area contributed by atoms with Crippen molar-refractivity contribution in [1.29, 1.82) is 0 Å². The zero-order valence-corrected chi connectivity index (χ0v) is 17.6. The number of benzene rings is 2. The van der Waals surface area contributed by atoms with Crippen LogP contribution < -0.4 is 15.2 Å². The summed E-state index contributed by atoms with van der Waals surface area (Å²) in [5.74, 6) is 0.449. The zero-order valence-electron chi connectivity index (χ0n) is 17.6. The van der Waals surface area contributed by atoms with Gasteiger partial charge in [-0.15, -0.1) is 0 Å². The van der Waals surface area contributed by atoms with Gasteiger partial charge in [0.1, 0.15) is 18.2 Å². The topological polar surface area (TPSA) is 66.6 Å². The Balaban J connectivity index is 2.02. The van der Waals surface area contributed by atoms with Crippen LogP contribution in [0, 0.1) is 12.7 Å². The summed E-state index contributed by atoms with van der Waals surface area (Å²) in [5.41, 5.74) is 10.4. The van der Waals surface area contributed by atoms with Crippen molar-refractivity contribution in [2.24, 2.45) is 5.73 Å². The molecule has 6 heteroatoms. The number of ether oxygens (including phenoxy) is 3. The molecule has 2 aromatic carbocycles. The molecule has 3 aromatic rings. The van der Waals surface area contributed by atoms with Gasteiger partial charge in [0.25, 0.3) is 0 Å². The Bertz CT molecular complexity index is 993. The standard InChI is InChI=1S/C24H27FN2O3/c1-4-17-12-22(29-14-26)23(25)16(2)20(17)13-19-10-11-21(30-15-28-3)24(27-19)18-8-6-5-7-9-18/h5-12H,4,13-15,26H2,1-3H3. The molecular weight excluding hydrogens is 383 g/mol. The fourth-order valence-corrected chi connectivity index (χ4v) is 3.43. The Hall–Kier alpha value is -2.96. The van der Waals surface area contributed by atoms with Gasteiger partial charge < -0.3 is 14.2 Å². The summed E-state index contributed by atoms with van der Waals surface area (Å²) in [4.78, 5) is 4.84. The van der Waals surface area contributed by atoms with Gasteiger partial charge in [0.05, 0.1) is 0 Å². The third-order valence-electron chi connectivity index (χ3n) is 4.96. The number of rotatable bonds is 9. The summed E-state index contributed by atoms with van der Waals surface area (Å²) in [6.45, 7) is 3.87. The summed E-state index contributed by atoms with van der Waals surface area (Å²) < 4.78 is 30.8. The second-order valence-corrected chi connectivity index (χ2v) is 6.86. The van der Waals surface area contributed by atoms with Gasteiger partial charge >= 0.3 is 0 Å². The van der Waals surface area contributed by atoms with E-state index in [-0.39, 0.29) is 25.1 Å². The Labute approximate surface area is 176 Å². The maximum Gasteiger partial charge on any atom is 0.188 e. The number of aryl methyl sites for hydroxylation is 1. The molecule has 0 atom stereocenters. The summed E-state index contributed by atoms with van der Waals surface area (Å²) in [5, 5.41) is 0. The van der Waals surface area contributed by atoms with Crippen molar-refractivity contribution in [2.75, 3.05) is 20.6 Å². The average Bonchev–Trinajstić information content (AvgIpc) is 2.78. The SMILES string of the molecule is CCc1cc(OCN)c(F)c(C)c1Cc1ccc(OCOC)c(-c2ccccc2)n1. The molecule has 0 aliphatic heterocycles. The molecule has 0 spiro atoms. The molecule has 30 heavy (non-hydrogen) atoms. The second kappa shape index (κ2) is 10.2. The number of hydrogen-bond donors (Lipinski definition) is 1. The van der Waals surface area contributed by atoms with Crippen LogP contribution in [0.2, 0.25) is 0 Å². The van der Waals surface area contributed by atoms with Crippen LogP contribution in [0.1, 0.15) is 29.3 Å². The van der Waals surface area contributed by atoms with Crippen molar-refractivity contribution in [2.45, 2.75) is 26.7 Å². The number of halogens is 1. The van der Waals surface area contributed by atoms with Crippen molar-refractivity contribution < 1.29 is 18.6 Å². The third kappa shape index (κ3) is 4.78. The molecule has 0 aliphatic rings. The summed E-state index contributed by atoms with van der Waals surface area (Å²) in [6.07, 6.45) is 1.25. The average molecular weight is 410 g/mol. The molecule has 5 nitrogen and oxygen atoms in total. The second-order valence-electron chi connectivity index (χ2n) is 6.86. The van der Waals surface area contributed by atoms with E-state index in [1.54, 1.807) is 20.1 Å². The minimum absolute atomic E-state index is 0.0657. The number of nitrogens with zero attached hydrogens (tertiary/aromatic N) is 1. The highest BCUT2D eigenvalue weighted by molar-refractivity contribution is 5.66. The fourth-order valence-electron chi connectivity index (χ4n) is 3.43. The molecule has 3 rings (SSSR count). The van der Waals surface area contributed by atoms with Crippen LogP contribution in [0.5, 0.6) is 11.5 Å². The lowest BCUT2D eigenvalue weighted by Crippen LogP contribution is -2.11. The summed E-state index contributed by atoms with van der Waals surface area (Å²) in [7, 11) is 1.58. The monoisotopic (exact) mass is 410 g/mol. The van der Waals surface area contributed by atoms with E-state index in [9.17, 15) is 4.39 Å². The van der Waals surface area contributed by atoms with E-state index in [1.165, 1.54) is 0 Å². The molecule has 158 valence electrons. The molecule has 0 saturated heterocycles. The van der Waals surface area contributed by atoms with E-state index >= 15 is 0 Å². The molecule has 1 aromatic heterocycles. The minimum Gasteiger partial charge on any atom is -0.476 e. The van der Waals surface area contributed by atoms with E-state index in [4.69, 9.17) is 24.9 Å². The number of aromatic nitrogens is 1. The first-order valence-electron chi connectivity index (χ1n) is 9.89. The van der Waals surface area contributed by atoms with E-state index in [0.717, 1.165) is 34.5 Å². The van der Waals surface area contributed by atoms with Crippen LogP contribution in [-0.4, -0.2) is 25.6 Å². The van der Waals surface area contributed by atoms with Gasteiger partial charge in [0, 0.05) is 24.8 Å². The summed E-state index contributed by atoms with van der Waals surface area (Å²) >= 11 is 0. The van der Waals surface area contributed by atoms with Gasteiger partial charge in [0.15, 0.2) is 18.4 Å². The van der Waals surface area contributed by atoms with Crippen LogP contribution >= 0.6 is 0 Å². The number of nitrogens with two attached hydrogens (primary N) is 1. The number of methoxy groups -OCH3 is 1. The maximum atomic E-state index is 14.8. The molecule has 0 bridgehead atoms. The molecule has 0 amide bonds. The van der Waals surface area contributed by atoms with Gasteiger partial charge in [-0.25, -0.2) is 9.37 Å². The molecule has 0 aliphatic carbocycles. The van der Waals surface area contributed by atoms with Gasteiger partial charge in [-0.2, -0.15) is 0 Å². The summed E-state index contributed by atoms with van der Waals surface area (Å²) in [6, 6.07) is 15.3. The normalized spacial score (nSPS) is 10.8. The molecule has 1 heterocycles. The van der Waals surface area contributed by atoms with Gasteiger partial charge in [0.2, 0.25) is 0 Å². The van der Waals surface area contributed by atoms with Crippen LogP contribution in [0.3, 0.4) is 0 Å². The Morgan fingerprint density at radius 2 is 1.80 bits per heavy atom. The fraction of sp³-hybridized carbons (Fsp3) is 0.292. The van der Waals surface area contributed by atoms with E-state index in [0.29, 0.717) is 17.7 Å². The number of hydrogen-bond acceptors (Lipinski definition) is 5. The lowest BCUT2D eigenvalue weighted by Gasteiger charge is -2.17. The predicted octanol–water partition coefficient (Wildman–Crippen LogP) is 4.63. The highest BCUT2D eigenvalue weighted by atomic mass is 19.1. The van der Waals surface area contributed by atoms with E-state index in [1.807, 2.05) is 49.4 Å². The Morgan fingerprint density at radius 1 is 1.03 bits per heavy atom. The number of pyridine rings is 1. The third-order valence-corrected chi connectivity index (χ3v) is 4.96. The largest absolute Gasteiger partial charge is 0.476 e. The van der Waals surface area contributed by atoms with Gasteiger partial charge in [-0.3, -0.25) is 5.73 Å². The van der Waals surface area contributed by atoms with Crippen LogP contribution in [0.4, 0.5) is 4.39 Å². The lowest BCUT2D eigenvalue weighted by atomic mass is 9.94. The van der Waals surface area contributed by atoms with Crippen LogP contribution in [0.25, 0.3) is 11.3 Å². The minimum atomic E-state index is -0.379. The molecule has 0 unspecified atom stereocenters. The maximum absolute atomic E-state index is 14.8. The quantitative estimate of drug-likeness (QED) is 0.521. The molecule has 2 N–H and O–H groups in total. The van der Waals surface area contributed by atoms with E-state index in [2.05, 4.69) is 0 Å². The van der Waals surface area contributed by atoms with E-state index < -0.39 is 0 Å². The Kier molecular flexibility index (Phi) is 7.38. The van der Waals surface area contributed by atoms with Crippen LogP contribution in [0.15, 0.2) is 48.5 Å². The van der Waals surface area contributed by atoms with Crippen LogP contribution in [-0.2, 0) is 17.6 Å². The first kappa shape index (κ1) is 21.7. The molecular formula is C24H27FN2O3. The first-order chi connectivity index (χ1) is 14.6.